The van der Waals surface area contributed by atoms with E-state index in [0.717, 1.165) is 5.56 Å². The van der Waals surface area contributed by atoms with Crippen LogP contribution in [-0.2, 0) is 4.79 Å². The highest BCUT2D eigenvalue weighted by molar-refractivity contribution is 6.02. The van der Waals surface area contributed by atoms with Gasteiger partial charge in [-0.25, -0.2) is 0 Å². The Balaban J connectivity index is 2.29. The normalized spacial score (nSPS) is 24.5. The number of aromatic nitrogens is 1. The average Bonchev–Trinajstić information content (AvgIpc) is 2.61. The number of rotatable bonds is 2. The third-order valence-corrected chi connectivity index (χ3v) is 2.47. The van der Waals surface area contributed by atoms with Gasteiger partial charge in [0.15, 0.2) is 0 Å². The first-order valence-electron chi connectivity index (χ1n) is 4.62. The van der Waals surface area contributed by atoms with E-state index in [9.17, 15) is 4.79 Å². The fraction of sp³-hybridized carbons (Fsp3) is 0.300. The first kappa shape index (κ1) is 9.64. The van der Waals surface area contributed by atoms with E-state index in [1.807, 2.05) is 6.07 Å². The van der Waals surface area contributed by atoms with E-state index in [1.54, 1.807) is 25.4 Å². The van der Waals surface area contributed by atoms with E-state index in [0.29, 0.717) is 5.71 Å². The van der Waals surface area contributed by atoms with Crippen LogP contribution in [-0.4, -0.2) is 21.8 Å². The van der Waals surface area contributed by atoms with Crippen molar-refractivity contribution in [1.82, 2.24) is 10.4 Å². The summed E-state index contributed by atoms with van der Waals surface area (Å²) >= 11 is 0. The van der Waals surface area contributed by atoms with Crippen LogP contribution in [0.2, 0.25) is 0 Å². The topological polar surface area (TPSA) is 74.6 Å². The van der Waals surface area contributed by atoms with Crippen molar-refractivity contribution in [2.75, 3.05) is 0 Å². The first-order chi connectivity index (χ1) is 7.20. The average molecular weight is 205 g/mol. The molecule has 1 aliphatic heterocycles. The summed E-state index contributed by atoms with van der Waals surface area (Å²) in [6, 6.07) is 3.31. The SMILES string of the molecule is CC1=NNC(c2cccnc2)C1C(=O)O. The molecule has 2 unspecified atom stereocenters. The molecule has 78 valence electrons. The lowest BCUT2D eigenvalue weighted by atomic mass is 9.92. The molecule has 0 saturated heterocycles. The molecule has 0 saturated carbocycles. The van der Waals surface area contributed by atoms with Gasteiger partial charge in [-0.05, 0) is 18.6 Å². The van der Waals surface area contributed by atoms with Gasteiger partial charge in [-0.1, -0.05) is 6.07 Å². The molecular weight excluding hydrogens is 194 g/mol. The summed E-state index contributed by atoms with van der Waals surface area (Å²) in [6.07, 6.45) is 3.31. The number of hydrazone groups is 1. The zero-order valence-electron chi connectivity index (χ0n) is 8.21. The molecule has 0 bridgehead atoms. The van der Waals surface area contributed by atoms with E-state index < -0.39 is 11.9 Å². The van der Waals surface area contributed by atoms with Crippen molar-refractivity contribution in [1.29, 1.82) is 0 Å². The van der Waals surface area contributed by atoms with Crippen LogP contribution in [0.1, 0.15) is 18.5 Å². The van der Waals surface area contributed by atoms with Crippen LogP contribution in [0.4, 0.5) is 0 Å². The quantitative estimate of drug-likeness (QED) is 0.749. The van der Waals surface area contributed by atoms with E-state index in [-0.39, 0.29) is 6.04 Å². The Morgan fingerprint density at radius 1 is 1.60 bits per heavy atom. The van der Waals surface area contributed by atoms with Gasteiger partial charge in [0.1, 0.15) is 5.92 Å². The highest BCUT2D eigenvalue weighted by Gasteiger charge is 2.36. The van der Waals surface area contributed by atoms with Gasteiger partial charge in [-0.3, -0.25) is 9.78 Å². The Labute approximate surface area is 86.8 Å². The van der Waals surface area contributed by atoms with Crippen LogP contribution in [0, 0.1) is 5.92 Å². The summed E-state index contributed by atoms with van der Waals surface area (Å²) in [5.74, 6) is -1.47. The predicted molar refractivity (Wildman–Crippen MR) is 54.3 cm³/mol. The number of hydrogen-bond donors (Lipinski definition) is 2. The molecule has 15 heavy (non-hydrogen) atoms. The highest BCUT2D eigenvalue weighted by Crippen LogP contribution is 2.27. The predicted octanol–water partition coefficient (Wildman–Crippen LogP) is 0.803. The van der Waals surface area contributed by atoms with Crippen LogP contribution < -0.4 is 5.43 Å². The maximum absolute atomic E-state index is 11.1. The second kappa shape index (κ2) is 3.68. The van der Waals surface area contributed by atoms with Gasteiger partial charge in [-0.15, -0.1) is 0 Å². The van der Waals surface area contributed by atoms with Gasteiger partial charge in [-0.2, -0.15) is 5.10 Å². The molecule has 0 aliphatic carbocycles. The highest BCUT2D eigenvalue weighted by atomic mass is 16.4. The van der Waals surface area contributed by atoms with E-state index >= 15 is 0 Å². The summed E-state index contributed by atoms with van der Waals surface area (Å²) in [4.78, 5) is 15.0. The maximum atomic E-state index is 11.1. The summed E-state index contributed by atoms with van der Waals surface area (Å²) < 4.78 is 0. The molecule has 0 radical (unpaired) electrons. The number of carboxylic acid groups (broad SMARTS) is 1. The number of nitrogens with one attached hydrogen (secondary N) is 1. The third-order valence-electron chi connectivity index (χ3n) is 2.47. The summed E-state index contributed by atoms with van der Waals surface area (Å²) in [5, 5.41) is 13.0. The minimum atomic E-state index is -0.866. The molecule has 1 aromatic rings. The van der Waals surface area contributed by atoms with Gasteiger partial charge in [0.25, 0.3) is 0 Å². The van der Waals surface area contributed by atoms with E-state index in [1.165, 1.54) is 0 Å². The second-order valence-electron chi connectivity index (χ2n) is 3.46. The molecule has 2 heterocycles. The van der Waals surface area contributed by atoms with Gasteiger partial charge >= 0.3 is 5.97 Å². The molecule has 0 amide bonds. The van der Waals surface area contributed by atoms with Crippen molar-refractivity contribution >= 4 is 11.7 Å². The molecule has 2 atom stereocenters. The number of hydrogen-bond acceptors (Lipinski definition) is 4. The maximum Gasteiger partial charge on any atom is 0.314 e. The van der Waals surface area contributed by atoms with Crippen molar-refractivity contribution in [2.24, 2.45) is 11.0 Å². The molecular formula is C10H11N3O2. The third kappa shape index (κ3) is 1.68. The fourth-order valence-corrected chi connectivity index (χ4v) is 1.70. The molecule has 0 aromatic carbocycles. The molecule has 2 rings (SSSR count). The number of carbonyl (C=O) groups is 1. The largest absolute Gasteiger partial charge is 0.481 e. The van der Waals surface area contributed by atoms with Gasteiger partial charge in [0.2, 0.25) is 0 Å². The lowest BCUT2D eigenvalue weighted by Gasteiger charge is -2.15. The van der Waals surface area contributed by atoms with Crippen molar-refractivity contribution in [2.45, 2.75) is 13.0 Å². The Morgan fingerprint density at radius 3 is 3.00 bits per heavy atom. The van der Waals surface area contributed by atoms with Crippen LogP contribution in [0.15, 0.2) is 29.6 Å². The van der Waals surface area contributed by atoms with Crippen LogP contribution in [0.25, 0.3) is 0 Å². The molecule has 0 spiro atoms. The molecule has 1 aliphatic rings. The smallest absolute Gasteiger partial charge is 0.314 e. The van der Waals surface area contributed by atoms with Crippen molar-refractivity contribution < 1.29 is 9.90 Å². The van der Waals surface area contributed by atoms with E-state index in [2.05, 4.69) is 15.5 Å². The molecule has 2 N–H and O–H groups in total. The van der Waals surface area contributed by atoms with Crippen molar-refractivity contribution in [3.8, 4) is 0 Å². The monoisotopic (exact) mass is 205 g/mol. The second-order valence-corrected chi connectivity index (χ2v) is 3.46. The standard InChI is InChI=1S/C10H11N3O2/c1-6-8(10(14)15)9(13-12-6)7-3-2-4-11-5-7/h2-5,8-9,13H,1H3,(H,14,15). The summed E-state index contributed by atoms with van der Waals surface area (Å²) in [5.41, 5.74) is 4.25. The van der Waals surface area contributed by atoms with Crippen molar-refractivity contribution in [3.63, 3.8) is 0 Å². The van der Waals surface area contributed by atoms with Crippen molar-refractivity contribution in [3.05, 3.63) is 30.1 Å². The Bertz CT molecular complexity index is 402. The zero-order chi connectivity index (χ0) is 10.8. The van der Waals surface area contributed by atoms with Gasteiger partial charge in [0, 0.05) is 12.4 Å². The van der Waals surface area contributed by atoms with Gasteiger partial charge in [0.05, 0.1) is 11.8 Å². The molecule has 5 nitrogen and oxygen atoms in total. The minimum Gasteiger partial charge on any atom is -0.481 e. The summed E-state index contributed by atoms with van der Waals surface area (Å²) in [7, 11) is 0. The van der Waals surface area contributed by atoms with Crippen LogP contribution in [0.5, 0.6) is 0 Å². The molecule has 5 heteroatoms. The lowest BCUT2D eigenvalue weighted by molar-refractivity contribution is -0.139. The fourth-order valence-electron chi connectivity index (χ4n) is 1.70. The van der Waals surface area contributed by atoms with E-state index in [4.69, 9.17) is 5.11 Å². The Morgan fingerprint density at radius 2 is 2.40 bits per heavy atom. The molecule has 1 aromatic heterocycles. The Kier molecular flexibility index (Phi) is 2.37. The number of carboxylic acids is 1. The first-order valence-corrected chi connectivity index (χ1v) is 4.62. The van der Waals surface area contributed by atoms with Gasteiger partial charge < -0.3 is 10.5 Å². The number of aliphatic carboxylic acids is 1. The number of pyridine rings is 1. The summed E-state index contributed by atoms with van der Waals surface area (Å²) in [6.45, 7) is 1.71. The van der Waals surface area contributed by atoms with Crippen LogP contribution in [0.3, 0.4) is 0 Å². The minimum absolute atomic E-state index is 0.309. The Hall–Kier alpha value is -1.91. The lowest BCUT2D eigenvalue weighted by Crippen LogP contribution is -2.27. The zero-order valence-corrected chi connectivity index (χ0v) is 8.21. The molecule has 0 fully saturated rings. The number of nitrogens with zero attached hydrogens (tertiary/aromatic N) is 2. The van der Waals surface area contributed by atoms with Crippen LogP contribution >= 0.6 is 0 Å².